The van der Waals surface area contributed by atoms with Gasteiger partial charge in [0.1, 0.15) is 5.92 Å². The second-order valence-electron chi connectivity index (χ2n) is 5.63. The molecule has 3 atom stereocenters. The average molecular weight is 275 g/mol. The Morgan fingerprint density at radius 3 is 2.85 bits per heavy atom. The van der Waals surface area contributed by atoms with Gasteiger partial charge in [-0.05, 0) is 25.0 Å². The molecule has 20 heavy (non-hydrogen) atoms. The van der Waals surface area contributed by atoms with Crippen molar-refractivity contribution in [3.05, 3.63) is 29.8 Å². The summed E-state index contributed by atoms with van der Waals surface area (Å²) >= 11 is 0. The fourth-order valence-corrected chi connectivity index (χ4v) is 3.38. The maximum absolute atomic E-state index is 12.2. The summed E-state index contributed by atoms with van der Waals surface area (Å²) in [7, 11) is 1.33. The van der Waals surface area contributed by atoms with Gasteiger partial charge in [-0.3, -0.25) is 9.59 Å². The Morgan fingerprint density at radius 1 is 1.45 bits per heavy atom. The second kappa shape index (κ2) is 4.31. The van der Waals surface area contributed by atoms with Gasteiger partial charge >= 0.3 is 5.97 Å². The lowest BCUT2D eigenvalue weighted by atomic mass is 9.79. The van der Waals surface area contributed by atoms with E-state index in [-0.39, 0.29) is 12.3 Å². The molecule has 2 aliphatic rings. The zero-order valence-electron chi connectivity index (χ0n) is 11.5. The number of piperidine rings is 1. The molecule has 1 aromatic carbocycles. The van der Waals surface area contributed by atoms with E-state index < -0.39 is 23.5 Å². The number of hydrogen-bond acceptors (Lipinski definition) is 4. The number of carbonyl (C=O) groups excluding carboxylic acids is 2. The Hall–Kier alpha value is -1.88. The number of nitrogens with zero attached hydrogens (tertiary/aromatic N) is 1. The molecule has 2 heterocycles. The summed E-state index contributed by atoms with van der Waals surface area (Å²) < 4.78 is 4.88. The molecule has 0 aliphatic carbocycles. The number of esters is 1. The molecule has 1 N–H and O–H groups in total. The van der Waals surface area contributed by atoms with E-state index in [4.69, 9.17) is 4.74 Å². The van der Waals surface area contributed by atoms with E-state index in [2.05, 4.69) is 0 Å². The highest BCUT2D eigenvalue weighted by atomic mass is 16.5. The smallest absolute Gasteiger partial charge is 0.315 e. The van der Waals surface area contributed by atoms with Crippen LogP contribution in [0.15, 0.2) is 24.3 Å². The fraction of sp³-hybridized carbons (Fsp3) is 0.467. The number of aliphatic hydroxyl groups is 1. The van der Waals surface area contributed by atoms with E-state index in [0.29, 0.717) is 12.1 Å². The molecule has 106 valence electrons. The van der Waals surface area contributed by atoms with Crippen molar-refractivity contribution < 1.29 is 19.4 Å². The molecule has 5 nitrogen and oxygen atoms in total. The molecule has 1 amide bonds. The summed E-state index contributed by atoms with van der Waals surface area (Å²) in [5, 5.41) is 10.6. The van der Waals surface area contributed by atoms with E-state index in [0.717, 1.165) is 5.56 Å². The fourth-order valence-electron chi connectivity index (χ4n) is 3.38. The zero-order chi connectivity index (χ0) is 14.5. The van der Waals surface area contributed by atoms with Gasteiger partial charge in [-0.15, -0.1) is 0 Å². The predicted molar refractivity (Wildman–Crippen MR) is 72.3 cm³/mol. The summed E-state index contributed by atoms with van der Waals surface area (Å²) in [5.74, 6) is -1.10. The summed E-state index contributed by atoms with van der Waals surface area (Å²) in [4.78, 5) is 26.0. The van der Waals surface area contributed by atoms with Gasteiger partial charge in [-0.25, -0.2) is 0 Å². The number of para-hydroxylation sites is 1. The van der Waals surface area contributed by atoms with Gasteiger partial charge in [-0.1, -0.05) is 18.2 Å². The van der Waals surface area contributed by atoms with Crippen LogP contribution in [-0.2, 0) is 14.3 Å². The molecule has 2 aliphatic heterocycles. The largest absolute Gasteiger partial charge is 0.468 e. The Labute approximate surface area is 117 Å². The molecular weight excluding hydrogens is 258 g/mol. The van der Waals surface area contributed by atoms with Crippen LogP contribution in [0, 0.1) is 0 Å². The monoisotopic (exact) mass is 275 g/mol. The van der Waals surface area contributed by atoms with Gasteiger partial charge in [0.2, 0.25) is 5.91 Å². The van der Waals surface area contributed by atoms with Crippen LogP contribution in [0.1, 0.15) is 31.2 Å². The molecule has 0 bridgehead atoms. The maximum atomic E-state index is 12.2. The number of methoxy groups -OCH3 is 1. The molecule has 1 saturated heterocycles. The van der Waals surface area contributed by atoms with Crippen molar-refractivity contribution >= 4 is 17.6 Å². The number of ether oxygens (including phenoxy) is 1. The topological polar surface area (TPSA) is 66.8 Å². The SMILES string of the molecule is COC(=O)[C@H]1c2ccccc2N2C(=O)CC[C@](C)(O)[C@@H]12. The predicted octanol–water partition coefficient (Wildman–Crippen LogP) is 1.20. The molecule has 5 heteroatoms. The number of anilines is 1. The van der Waals surface area contributed by atoms with Crippen LogP contribution in [-0.4, -0.2) is 35.7 Å². The quantitative estimate of drug-likeness (QED) is 0.782. The third-order valence-corrected chi connectivity index (χ3v) is 4.33. The summed E-state index contributed by atoms with van der Waals surface area (Å²) in [5.41, 5.74) is 0.351. The van der Waals surface area contributed by atoms with E-state index in [1.54, 1.807) is 11.8 Å². The Bertz CT molecular complexity index is 581. The van der Waals surface area contributed by atoms with Crippen molar-refractivity contribution in [3.8, 4) is 0 Å². The lowest BCUT2D eigenvalue weighted by molar-refractivity contribution is -0.145. The van der Waals surface area contributed by atoms with Gasteiger partial charge in [0, 0.05) is 12.1 Å². The highest BCUT2D eigenvalue weighted by Gasteiger charge is 2.55. The van der Waals surface area contributed by atoms with Crippen LogP contribution in [0.25, 0.3) is 0 Å². The van der Waals surface area contributed by atoms with E-state index in [1.807, 2.05) is 24.3 Å². The van der Waals surface area contributed by atoms with Crippen molar-refractivity contribution in [2.75, 3.05) is 12.0 Å². The van der Waals surface area contributed by atoms with Gasteiger partial charge in [0.25, 0.3) is 0 Å². The molecule has 1 fully saturated rings. The molecule has 3 rings (SSSR count). The highest BCUT2D eigenvalue weighted by Crippen LogP contribution is 2.48. The van der Waals surface area contributed by atoms with Crippen LogP contribution in [0.5, 0.6) is 0 Å². The van der Waals surface area contributed by atoms with Gasteiger partial charge < -0.3 is 14.7 Å². The van der Waals surface area contributed by atoms with Crippen LogP contribution in [0.3, 0.4) is 0 Å². The van der Waals surface area contributed by atoms with Crippen molar-refractivity contribution in [1.29, 1.82) is 0 Å². The summed E-state index contributed by atoms with van der Waals surface area (Å²) in [6.07, 6.45) is 0.639. The first-order valence-electron chi connectivity index (χ1n) is 6.68. The van der Waals surface area contributed by atoms with E-state index in [1.165, 1.54) is 7.11 Å². The van der Waals surface area contributed by atoms with E-state index in [9.17, 15) is 14.7 Å². The Balaban J connectivity index is 2.18. The summed E-state index contributed by atoms with van der Waals surface area (Å²) in [6, 6.07) is 6.69. The normalized spacial score (nSPS) is 31.8. The standard InChI is InChI=1S/C15H17NO4/c1-15(19)8-7-11(17)16-10-6-4-3-5-9(10)12(13(15)16)14(18)20-2/h3-6,12-13,19H,7-8H2,1-2H3/t12-,13+,15-/m0/s1. The first kappa shape index (κ1) is 13.1. The van der Waals surface area contributed by atoms with Crippen molar-refractivity contribution in [2.45, 2.75) is 37.3 Å². The van der Waals surface area contributed by atoms with Crippen LogP contribution in [0.2, 0.25) is 0 Å². The lowest BCUT2D eigenvalue weighted by Crippen LogP contribution is -2.58. The van der Waals surface area contributed by atoms with Gasteiger partial charge in [0.15, 0.2) is 0 Å². The van der Waals surface area contributed by atoms with Gasteiger partial charge in [-0.2, -0.15) is 0 Å². The highest BCUT2D eigenvalue weighted by molar-refractivity contribution is 6.01. The molecule has 1 aromatic rings. The number of benzene rings is 1. The molecular formula is C15H17NO4. The van der Waals surface area contributed by atoms with Gasteiger partial charge in [0.05, 0.1) is 18.8 Å². The van der Waals surface area contributed by atoms with Crippen LogP contribution >= 0.6 is 0 Å². The van der Waals surface area contributed by atoms with Crippen LogP contribution < -0.4 is 4.90 Å². The van der Waals surface area contributed by atoms with E-state index >= 15 is 0 Å². The summed E-state index contributed by atoms with van der Waals surface area (Å²) in [6.45, 7) is 1.68. The molecule has 0 spiro atoms. The Morgan fingerprint density at radius 2 is 2.15 bits per heavy atom. The minimum atomic E-state index is -1.11. The molecule has 0 aromatic heterocycles. The molecule has 0 radical (unpaired) electrons. The lowest BCUT2D eigenvalue weighted by Gasteiger charge is -2.42. The third kappa shape index (κ3) is 1.66. The first-order valence-corrected chi connectivity index (χ1v) is 6.68. The number of carbonyl (C=O) groups is 2. The maximum Gasteiger partial charge on any atom is 0.315 e. The van der Waals surface area contributed by atoms with Crippen molar-refractivity contribution in [1.82, 2.24) is 0 Å². The second-order valence-corrected chi connectivity index (χ2v) is 5.63. The minimum Gasteiger partial charge on any atom is -0.468 e. The number of fused-ring (bicyclic) bond motifs is 3. The minimum absolute atomic E-state index is 0.0552. The number of hydrogen-bond donors (Lipinski definition) is 1. The van der Waals surface area contributed by atoms with Crippen molar-refractivity contribution in [2.24, 2.45) is 0 Å². The van der Waals surface area contributed by atoms with Crippen LogP contribution in [0.4, 0.5) is 5.69 Å². The third-order valence-electron chi connectivity index (χ3n) is 4.33. The van der Waals surface area contributed by atoms with Crippen molar-refractivity contribution in [3.63, 3.8) is 0 Å². The number of rotatable bonds is 1. The number of amides is 1. The average Bonchev–Trinajstić information content (AvgIpc) is 2.79. The first-order chi connectivity index (χ1) is 9.47. The molecule has 0 saturated carbocycles. The zero-order valence-corrected chi connectivity index (χ0v) is 11.5. The molecule has 0 unspecified atom stereocenters. The Kier molecular flexibility index (Phi) is 2.83.